The van der Waals surface area contributed by atoms with Crippen LogP contribution in [0.15, 0.2) is 23.6 Å². The van der Waals surface area contributed by atoms with Crippen LogP contribution in [0.4, 0.5) is 5.69 Å². The van der Waals surface area contributed by atoms with E-state index in [0.717, 1.165) is 5.56 Å². The number of nitrogens with one attached hydrogen (secondary N) is 2. The van der Waals surface area contributed by atoms with Gasteiger partial charge in [-0.3, -0.25) is 15.2 Å². The fourth-order valence-electron chi connectivity index (χ4n) is 0.970. The van der Waals surface area contributed by atoms with Crippen molar-refractivity contribution in [3.8, 4) is 0 Å². The van der Waals surface area contributed by atoms with Crippen LogP contribution in [-0.4, -0.2) is 22.2 Å². The number of carbonyl (C=O) groups excluding carboxylic acids is 1. The summed E-state index contributed by atoms with van der Waals surface area (Å²) >= 11 is 4.57. The zero-order valence-electron chi connectivity index (χ0n) is 8.60. The van der Waals surface area contributed by atoms with Crippen molar-refractivity contribution in [2.24, 2.45) is 10.8 Å². The number of hydrogen-bond acceptors (Lipinski definition) is 4. The maximum absolute atomic E-state index is 10.8. The molecule has 0 aromatic carbocycles. The quantitative estimate of drug-likeness (QED) is 0.397. The number of hydrogen-bond donors (Lipinski definition) is 3. The number of carbonyl (C=O) groups is 1. The highest BCUT2D eigenvalue weighted by atomic mass is 32.1. The van der Waals surface area contributed by atoms with E-state index in [1.165, 1.54) is 13.1 Å². The van der Waals surface area contributed by atoms with Crippen LogP contribution in [0.25, 0.3) is 0 Å². The summed E-state index contributed by atoms with van der Waals surface area (Å²) in [6.45, 7) is 1.43. The van der Waals surface area contributed by atoms with Crippen molar-refractivity contribution < 1.29 is 4.79 Å². The van der Waals surface area contributed by atoms with Crippen LogP contribution in [-0.2, 0) is 4.79 Å². The van der Waals surface area contributed by atoms with E-state index in [4.69, 9.17) is 5.73 Å². The second kappa shape index (κ2) is 5.76. The van der Waals surface area contributed by atoms with Crippen LogP contribution in [0.1, 0.15) is 12.5 Å². The Morgan fingerprint density at radius 2 is 2.38 bits per heavy atom. The summed E-state index contributed by atoms with van der Waals surface area (Å²) in [7, 11) is 0. The lowest BCUT2D eigenvalue weighted by Crippen LogP contribution is -2.24. The average Bonchev–Trinajstić information content (AvgIpc) is 2.16. The molecule has 0 radical (unpaired) electrons. The topological polar surface area (TPSA) is 92.4 Å². The normalized spacial score (nSPS) is 10.1. The molecular weight excluding hydrogens is 226 g/mol. The molecular formula is C9H11N5OS. The lowest BCUT2D eigenvalue weighted by Gasteiger charge is -2.01. The fraction of sp³-hybridized carbons (Fsp3) is 0.111. The Morgan fingerprint density at radius 1 is 1.62 bits per heavy atom. The summed E-state index contributed by atoms with van der Waals surface area (Å²) in [5.41, 5.74) is 8.93. The maximum Gasteiger partial charge on any atom is 0.221 e. The van der Waals surface area contributed by atoms with Crippen molar-refractivity contribution in [2.75, 3.05) is 5.32 Å². The number of amides is 1. The minimum Gasteiger partial charge on any atom is -0.375 e. The Balaban J connectivity index is 2.70. The van der Waals surface area contributed by atoms with Gasteiger partial charge in [0.2, 0.25) is 5.91 Å². The predicted octanol–water partition coefficient (Wildman–Crippen LogP) is 0.207. The fourth-order valence-corrected chi connectivity index (χ4v) is 1.02. The number of thiocarbonyl (C=S) groups is 1. The summed E-state index contributed by atoms with van der Waals surface area (Å²) in [6, 6.07) is 1.72. The molecule has 1 heterocycles. The lowest BCUT2D eigenvalue weighted by molar-refractivity contribution is -0.114. The first-order valence-corrected chi connectivity index (χ1v) is 4.80. The zero-order chi connectivity index (χ0) is 12.0. The smallest absolute Gasteiger partial charge is 0.221 e. The number of hydrazone groups is 1. The number of anilines is 1. The van der Waals surface area contributed by atoms with Crippen LogP contribution >= 0.6 is 12.2 Å². The third-order valence-corrected chi connectivity index (χ3v) is 1.56. The van der Waals surface area contributed by atoms with Crippen molar-refractivity contribution in [1.29, 1.82) is 0 Å². The van der Waals surface area contributed by atoms with Gasteiger partial charge in [-0.05, 0) is 18.3 Å². The summed E-state index contributed by atoms with van der Waals surface area (Å²) < 4.78 is 0. The van der Waals surface area contributed by atoms with E-state index in [0.29, 0.717) is 5.69 Å². The highest BCUT2D eigenvalue weighted by Gasteiger charge is 1.96. The first kappa shape index (κ1) is 12.1. The molecule has 1 rings (SSSR count). The third kappa shape index (κ3) is 4.47. The number of nitrogens with two attached hydrogens (primary N) is 1. The molecule has 84 valence electrons. The van der Waals surface area contributed by atoms with Gasteiger partial charge in [-0.15, -0.1) is 0 Å². The van der Waals surface area contributed by atoms with E-state index < -0.39 is 0 Å². The van der Waals surface area contributed by atoms with Gasteiger partial charge < -0.3 is 11.1 Å². The molecule has 6 nitrogen and oxygen atoms in total. The van der Waals surface area contributed by atoms with Gasteiger partial charge in [-0.1, -0.05) is 0 Å². The molecule has 16 heavy (non-hydrogen) atoms. The van der Waals surface area contributed by atoms with Crippen molar-refractivity contribution in [3.05, 3.63) is 24.0 Å². The van der Waals surface area contributed by atoms with Crippen molar-refractivity contribution in [3.63, 3.8) is 0 Å². The Bertz CT molecular complexity index is 432. The first-order valence-electron chi connectivity index (χ1n) is 4.39. The van der Waals surface area contributed by atoms with Crippen LogP contribution < -0.4 is 16.5 Å². The van der Waals surface area contributed by atoms with Gasteiger partial charge in [0.1, 0.15) is 0 Å². The van der Waals surface area contributed by atoms with Crippen LogP contribution in [0.5, 0.6) is 0 Å². The number of aromatic nitrogens is 1. The molecule has 0 spiro atoms. The summed E-state index contributed by atoms with van der Waals surface area (Å²) in [5.74, 6) is -0.155. The molecule has 0 bridgehead atoms. The van der Waals surface area contributed by atoms with E-state index in [1.54, 1.807) is 18.5 Å². The van der Waals surface area contributed by atoms with Gasteiger partial charge in [0.15, 0.2) is 5.11 Å². The van der Waals surface area contributed by atoms with Gasteiger partial charge in [0, 0.05) is 18.7 Å². The van der Waals surface area contributed by atoms with Gasteiger partial charge in [-0.2, -0.15) is 5.10 Å². The molecule has 4 N–H and O–H groups in total. The first-order chi connectivity index (χ1) is 7.58. The van der Waals surface area contributed by atoms with Crippen molar-refractivity contribution in [2.45, 2.75) is 6.92 Å². The molecule has 0 fully saturated rings. The van der Waals surface area contributed by atoms with Crippen LogP contribution in [0.2, 0.25) is 0 Å². The second-order valence-corrected chi connectivity index (χ2v) is 3.36. The maximum atomic E-state index is 10.8. The Labute approximate surface area is 97.9 Å². The van der Waals surface area contributed by atoms with Gasteiger partial charge >= 0.3 is 0 Å². The summed E-state index contributed by atoms with van der Waals surface area (Å²) in [4.78, 5) is 14.7. The third-order valence-electron chi connectivity index (χ3n) is 1.47. The average molecular weight is 237 g/mol. The van der Waals surface area contributed by atoms with E-state index in [2.05, 4.69) is 33.0 Å². The van der Waals surface area contributed by atoms with E-state index >= 15 is 0 Å². The van der Waals surface area contributed by atoms with Crippen molar-refractivity contribution in [1.82, 2.24) is 10.4 Å². The van der Waals surface area contributed by atoms with Gasteiger partial charge in [0.05, 0.1) is 18.1 Å². The minimum absolute atomic E-state index is 0.0854. The van der Waals surface area contributed by atoms with Gasteiger partial charge in [0.25, 0.3) is 0 Å². The van der Waals surface area contributed by atoms with Crippen LogP contribution in [0, 0.1) is 0 Å². The van der Waals surface area contributed by atoms with E-state index in [-0.39, 0.29) is 11.0 Å². The predicted molar refractivity (Wildman–Crippen MR) is 66.1 cm³/mol. The molecule has 1 aromatic heterocycles. The van der Waals surface area contributed by atoms with E-state index in [1.807, 2.05) is 0 Å². The lowest BCUT2D eigenvalue weighted by atomic mass is 10.3. The Hall–Kier alpha value is -2.02. The minimum atomic E-state index is -0.155. The molecule has 1 amide bonds. The zero-order valence-corrected chi connectivity index (χ0v) is 9.41. The van der Waals surface area contributed by atoms with Gasteiger partial charge in [-0.25, -0.2) is 0 Å². The highest BCUT2D eigenvalue weighted by Crippen LogP contribution is 2.06. The Kier molecular flexibility index (Phi) is 4.34. The van der Waals surface area contributed by atoms with Crippen LogP contribution in [0.3, 0.4) is 0 Å². The monoisotopic (exact) mass is 237 g/mol. The molecule has 0 unspecified atom stereocenters. The summed E-state index contributed by atoms with van der Waals surface area (Å²) in [6.07, 6.45) is 4.63. The Morgan fingerprint density at radius 3 is 3.00 bits per heavy atom. The molecule has 0 saturated heterocycles. The molecule has 7 heteroatoms. The SMILES string of the molecule is CC(=O)Nc1cncc(C=NNC(N)=S)c1. The number of pyridine rings is 1. The molecule has 1 aromatic rings. The molecule has 0 atom stereocenters. The molecule has 0 aliphatic heterocycles. The van der Waals surface area contributed by atoms with Crippen molar-refractivity contribution >= 4 is 35.1 Å². The molecule has 0 saturated carbocycles. The number of nitrogens with zero attached hydrogens (tertiary/aromatic N) is 2. The standard InChI is InChI=1S/C9H11N5OS/c1-6(15)13-8-2-7(3-11-5-8)4-12-14-9(10)16/h2-5H,1H3,(H,13,15)(H3,10,14,16). The molecule has 0 aliphatic rings. The van der Waals surface area contributed by atoms with E-state index in [9.17, 15) is 4.79 Å². The largest absolute Gasteiger partial charge is 0.375 e. The second-order valence-electron chi connectivity index (χ2n) is 2.92. The summed E-state index contributed by atoms with van der Waals surface area (Å²) in [5, 5.41) is 6.46. The molecule has 0 aliphatic carbocycles. The number of rotatable bonds is 3. The highest BCUT2D eigenvalue weighted by molar-refractivity contribution is 7.80.